The van der Waals surface area contributed by atoms with Crippen LogP contribution in [0.4, 0.5) is 0 Å². The van der Waals surface area contributed by atoms with Gasteiger partial charge in [0, 0.05) is 19.3 Å². The maximum atomic E-state index is 13.1. The monoisotopic (exact) mass is 1440 g/mol. The molecule has 0 heterocycles. The van der Waals surface area contributed by atoms with Gasteiger partial charge in [-0.15, -0.1) is 0 Å². The average molecular weight is 1440 g/mol. The predicted molar refractivity (Wildman–Crippen MR) is 408 cm³/mol. The fourth-order valence-electron chi connectivity index (χ4n) is 9.09. The highest BCUT2D eigenvalue weighted by Crippen LogP contribution is 2.45. The lowest BCUT2D eigenvalue weighted by atomic mass is 10.1. The summed E-state index contributed by atoms with van der Waals surface area (Å²) < 4.78 is 68.2. The number of aliphatic hydroxyl groups is 1. The van der Waals surface area contributed by atoms with Crippen molar-refractivity contribution < 1.29 is 80.2 Å². The van der Waals surface area contributed by atoms with Crippen molar-refractivity contribution in [1.82, 2.24) is 0 Å². The summed E-state index contributed by atoms with van der Waals surface area (Å²) in [4.78, 5) is 72.7. The molecule has 100 heavy (non-hydrogen) atoms. The van der Waals surface area contributed by atoms with Gasteiger partial charge in [-0.3, -0.25) is 37.3 Å². The molecule has 0 saturated heterocycles. The van der Waals surface area contributed by atoms with Crippen molar-refractivity contribution in [2.45, 2.75) is 277 Å². The van der Waals surface area contributed by atoms with Crippen LogP contribution in [0.1, 0.15) is 259 Å². The average Bonchev–Trinajstić information content (AvgIpc) is 1.01. The second kappa shape index (κ2) is 71.8. The minimum Gasteiger partial charge on any atom is -0.462 e. The molecule has 0 aliphatic heterocycles. The summed E-state index contributed by atoms with van der Waals surface area (Å²) in [7, 11) is -10.0. The number of hydrogen-bond acceptors (Lipinski definition) is 15. The van der Waals surface area contributed by atoms with Crippen LogP contribution in [0.5, 0.6) is 0 Å². The minimum atomic E-state index is -5.01. The van der Waals surface area contributed by atoms with Gasteiger partial charge >= 0.3 is 39.5 Å². The Balaban J connectivity index is 5.52. The standard InChI is InChI=1S/C81H130O17P2/c1-5-9-13-17-21-25-29-33-37-41-45-49-53-57-61-65-78(83)91-71-76(97-80(85)67-63-59-55-51-47-43-39-35-31-27-23-19-15-11-7-3)73-95-99(87,88)93-69-75(82)70-94-100(89,90)96-74-77(98-81(86)68-64-60-56-52-48-44-40-36-32-28-24-20-16-12-8-4)72-92-79(84)66-62-58-54-50-46-42-38-34-30-26-22-18-14-10-6-2/h9-11,13-15,21-23,25-27,33-40,45-47,49-51,58,62,75-77,82H,5-8,12,16-20,24,28-32,41-44,48,52-57,59-61,63-74H2,1-4H3,(H,87,88)(H,89,90)/b13-9-,14-10-,15-11-,25-21-,26-22-,27-23-,37-33-,38-34-,39-35-,40-36-,49-45-,50-46-,51-47-,62-58-. The molecule has 0 spiro atoms. The van der Waals surface area contributed by atoms with Crippen molar-refractivity contribution in [1.29, 1.82) is 0 Å². The Morgan fingerprint density at radius 2 is 0.560 bits per heavy atom. The van der Waals surface area contributed by atoms with Gasteiger partial charge < -0.3 is 33.8 Å². The summed E-state index contributed by atoms with van der Waals surface area (Å²) >= 11 is 0. The van der Waals surface area contributed by atoms with Crippen molar-refractivity contribution in [3.63, 3.8) is 0 Å². The van der Waals surface area contributed by atoms with Crippen LogP contribution in [0.25, 0.3) is 0 Å². The first kappa shape index (κ1) is 94.4. The Hall–Kier alpha value is -5.58. The third kappa shape index (κ3) is 70.8. The second-order valence-electron chi connectivity index (χ2n) is 24.1. The summed E-state index contributed by atoms with van der Waals surface area (Å²) in [6.45, 7) is 4.26. The van der Waals surface area contributed by atoms with Gasteiger partial charge in [0.25, 0.3) is 0 Å². The number of phosphoric ester groups is 2. The molecule has 3 N–H and O–H groups in total. The lowest BCUT2D eigenvalue weighted by Gasteiger charge is -2.21. The van der Waals surface area contributed by atoms with E-state index in [0.29, 0.717) is 32.1 Å². The van der Waals surface area contributed by atoms with E-state index in [-0.39, 0.29) is 25.7 Å². The van der Waals surface area contributed by atoms with E-state index in [1.54, 1.807) is 6.08 Å². The zero-order chi connectivity index (χ0) is 73.2. The molecule has 566 valence electrons. The summed E-state index contributed by atoms with van der Waals surface area (Å²) in [5.74, 6) is -2.45. The predicted octanol–water partition coefficient (Wildman–Crippen LogP) is 21.4. The van der Waals surface area contributed by atoms with Gasteiger partial charge in [-0.2, -0.15) is 0 Å². The van der Waals surface area contributed by atoms with Crippen LogP contribution in [0.3, 0.4) is 0 Å². The van der Waals surface area contributed by atoms with Gasteiger partial charge in [0.2, 0.25) is 0 Å². The van der Waals surface area contributed by atoms with Crippen LogP contribution >= 0.6 is 15.6 Å². The first-order valence-corrected chi connectivity index (χ1v) is 40.4. The number of aliphatic hydroxyl groups excluding tert-OH is 1. The summed E-state index contributed by atoms with van der Waals surface area (Å²) in [6.07, 6.45) is 83.9. The van der Waals surface area contributed by atoms with Crippen LogP contribution in [0.15, 0.2) is 170 Å². The molecule has 0 saturated carbocycles. The van der Waals surface area contributed by atoms with Crippen molar-refractivity contribution in [2.24, 2.45) is 0 Å². The van der Waals surface area contributed by atoms with E-state index in [4.69, 9.17) is 37.0 Å². The zero-order valence-electron chi connectivity index (χ0n) is 61.5. The van der Waals surface area contributed by atoms with Crippen LogP contribution in [-0.4, -0.2) is 96.7 Å². The number of phosphoric acid groups is 2. The van der Waals surface area contributed by atoms with Gasteiger partial charge in [-0.25, -0.2) is 9.13 Å². The van der Waals surface area contributed by atoms with E-state index in [9.17, 15) is 43.2 Å². The molecule has 0 aliphatic carbocycles. The molecule has 0 bridgehead atoms. The van der Waals surface area contributed by atoms with E-state index in [2.05, 4.69) is 167 Å². The number of unbranched alkanes of at least 4 members (excludes halogenated alkanes) is 15. The first-order chi connectivity index (χ1) is 48.7. The molecule has 5 atom stereocenters. The molecule has 0 rings (SSSR count). The Bertz CT molecular complexity index is 2570. The van der Waals surface area contributed by atoms with Crippen LogP contribution in [-0.2, 0) is 65.4 Å². The van der Waals surface area contributed by atoms with E-state index < -0.39 is 97.5 Å². The fraction of sp³-hybridized carbons (Fsp3) is 0.605. The highest BCUT2D eigenvalue weighted by Gasteiger charge is 2.30. The molecule has 0 fully saturated rings. The molecule has 0 amide bonds. The second-order valence-corrected chi connectivity index (χ2v) is 27.0. The molecule has 0 aromatic carbocycles. The Morgan fingerprint density at radius 3 is 0.920 bits per heavy atom. The summed E-state index contributed by atoms with van der Waals surface area (Å²) in [6, 6.07) is 0. The number of allylic oxidation sites excluding steroid dienone is 27. The van der Waals surface area contributed by atoms with Crippen molar-refractivity contribution in [3.8, 4) is 0 Å². The van der Waals surface area contributed by atoms with Crippen LogP contribution < -0.4 is 0 Å². The quantitative estimate of drug-likeness (QED) is 0.0169. The highest BCUT2D eigenvalue weighted by molar-refractivity contribution is 7.47. The van der Waals surface area contributed by atoms with Gasteiger partial charge in [0.15, 0.2) is 12.2 Å². The number of esters is 4. The molecule has 5 unspecified atom stereocenters. The first-order valence-electron chi connectivity index (χ1n) is 37.4. The van der Waals surface area contributed by atoms with E-state index in [1.165, 1.54) is 38.5 Å². The van der Waals surface area contributed by atoms with Crippen molar-refractivity contribution in [2.75, 3.05) is 39.6 Å². The van der Waals surface area contributed by atoms with Gasteiger partial charge in [-0.05, 0) is 154 Å². The topological polar surface area (TPSA) is 237 Å². The van der Waals surface area contributed by atoms with Crippen LogP contribution in [0, 0.1) is 0 Å². The third-order valence-electron chi connectivity index (χ3n) is 14.7. The third-order valence-corrected chi connectivity index (χ3v) is 16.6. The van der Waals surface area contributed by atoms with Gasteiger partial charge in [0.1, 0.15) is 19.3 Å². The molecule has 17 nitrogen and oxygen atoms in total. The van der Waals surface area contributed by atoms with Crippen molar-refractivity contribution >= 4 is 39.5 Å². The molecular formula is C81H130O17P2. The zero-order valence-corrected chi connectivity index (χ0v) is 63.3. The highest BCUT2D eigenvalue weighted by atomic mass is 31.2. The van der Waals surface area contributed by atoms with Gasteiger partial charge in [-0.1, -0.05) is 249 Å². The molecule has 0 aromatic heterocycles. The van der Waals surface area contributed by atoms with Gasteiger partial charge in [0.05, 0.1) is 32.8 Å². The molecule has 0 aromatic rings. The summed E-state index contributed by atoms with van der Waals surface area (Å²) in [5, 5.41) is 10.6. The number of rotatable bonds is 68. The number of carbonyl (C=O) groups excluding carboxylic acids is 4. The molecule has 0 radical (unpaired) electrons. The number of carbonyl (C=O) groups is 4. The van der Waals surface area contributed by atoms with E-state index in [1.807, 2.05) is 24.3 Å². The largest absolute Gasteiger partial charge is 0.472 e. The van der Waals surface area contributed by atoms with Crippen molar-refractivity contribution in [3.05, 3.63) is 170 Å². The molecule has 19 heteroatoms. The minimum absolute atomic E-state index is 0.0248. The van der Waals surface area contributed by atoms with Crippen LogP contribution in [0.2, 0.25) is 0 Å². The maximum absolute atomic E-state index is 13.1. The van der Waals surface area contributed by atoms with E-state index >= 15 is 0 Å². The smallest absolute Gasteiger partial charge is 0.462 e. The van der Waals surface area contributed by atoms with E-state index in [0.717, 1.165) is 135 Å². The Kier molecular flexibility index (Phi) is 67.8. The molecular weight excluding hydrogens is 1310 g/mol. The lowest BCUT2D eigenvalue weighted by molar-refractivity contribution is -0.161. The summed E-state index contributed by atoms with van der Waals surface area (Å²) in [5.41, 5.74) is 0. The number of ether oxygens (including phenoxy) is 4. The lowest BCUT2D eigenvalue weighted by Crippen LogP contribution is -2.30. The maximum Gasteiger partial charge on any atom is 0.472 e. The Morgan fingerprint density at radius 1 is 0.300 bits per heavy atom. The number of hydrogen-bond donors (Lipinski definition) is 3. The normalized spacial score (nSPS) is 14.9. The SMILES string of the molecule is CC/C=C\C/C=C\C/C=C\C/C=C\C/C=C\CC(=O)OCC(COP(=O)(O)OCC(O)COP(=O)(O)OCC(COC(=O)CCCC/C=C\C/C=C\C/C=C\C/C=C\CC)OC(=O)CCCC/C=C\C/C=C\C/C=C\C/C=C\CC)OC(=O)CCCCCCC/C=C\CCCCCCCC. The Labute approximate surface area is 603 Å². The fourth-order valence-corrected chi connectivity index (χ4v) is 10.7. The molecule has 0 aliphatic rings.